The quantitative estimate of drug-likeness (QED) is 0.482. The smallest absolute Gasteiger partial charge is 0.252 e. The molecular weight excluding hydrogens is 341 g/mol. The minimum Gasteiger partial charge on any atom is -0.352 e. The predicted molar refractivity (Wildman–Crippen MR) is 70.0 cm³/mol. The van der Waals surface area contributed by atoms with Crippen molar-refractivity contribution >= 4 is 28.5 Å². The number of halogens is 3. The second-order valence-corrected chi connectivity index (χ2v) is 4.62. The van der Waals surface area contributed by atoms with E-state index in [9.17, 15) is 13.6 Å². The Morgan fingerprint density at radius 3 is 2.59 bits per heavy atom. The summed E-state index contributed by atoms with van der Waals surface area (Å²) in [5.74, 6) is -2.34. The molecule has 0 saturated heterocycles. The lowest BCUT2D eigenvalue weighted by Crippen LogP contribution is -2.27. The first-order valence-corrected chi connectivity index (χ1v) is 6.21. The Morgan fingerprint density at radius 2 is 1.94 bits per heavy atom. The van der Waals surface area contributed by atoms with Crippen molar-refractivity contribution in [3.05, 3.63) is 32.9 Å². The maximum Gasteiger partial charge on any atom is 0.252 e. The fourth-order valence-electron chi connectivity index (χ4n) is 1.26. The lowest BCUT2D eigenvalue weighted by atomic mass is 10.2. The monoisotopic (exact) mass is 354 g/mol. The molecule has 0 aliphatic rings. The standard InChI is InChI=1S/C11H13F2IN2O/c1-15-3-2-4-16-11(17)7-5-8(12)9(13)6-10(7)14/h5-6,15H,2-4H2,1H3,(H,16,17). The van der Waals surface area contributed by atoms with Gasteiger partial charge < -0.3 is 10.6 Å². The molecule has 17 heavy (non-hydrogen) atoms. The minimum atomic E-state index is -1.01. The van der Waals surface area contributed by atoms with Crippen LogP contribution in [0.25, 0.3) is 0 Å². The molecule has 0 fully saturated rings. The lowest BCUT2D eigenvalue weighted by molar-refractivity contribution is 0.0952. The van der Waals surface area contributed by atoms with Gasteiger partial charge in [-0.15, -0.1) is 0 Å². The first kappa shape index (κ1) is 14.3. The van der Waals surface area contributed by atoms with Crippen LogP contribution in [-0.4, -0.2) is 26.0 Å². The van der Waals surface area contributed by atoms with Crippen LogP contribution in [0.5, 0.6) is 0 Å². The molecule has 0 heterocycles. The van der Waals surface area contributed by atoms with Crippen LogP contribution in [0, 0.1) is 15.2 Å². The van der Waals surface area contributed by atoms with E-state index < -0.39 is 11.6 Å². The highest BCUT2D eigenvalue weighted by Gasteiger charge is 2.13. The number of nitrogens with one attached hydrogen (secondary N) is 2. The van der Waals surface area contributed by atoms with E-state index in [1.165, 1.54) is 0 Å². The van der Waals surface area contributed by atoms with E-state index >= 15 is 0 Å². The van der Waals surface area contributed by atoms with Gasteiger partial charge >= 0.3 is 0 Å². The van der Waals surface area contributed by atoms with Crippen molar-refractivity contribution in [2.45, 2.75) is 6.42 Å². The fourth-order valence-corrected chi connectivity index (χ4v) is 1.93. The van der Waals surface area contributed by atoms with Gasteiger partial charge in [0.1, 0.15) is 0 Å². The summed E-state index contributed by atoms with van der Waals surface area (Å²) in [4.78, 5) is 11.7. The van der Waals surface area contributed by atoms with E-state index in [1.54, 1.807) is 22.6 Å². The third-order valence-electron chi connectivity index (χ3n) is 2.14. The molecule has 0 aliphatic heterocycles. The van der Waals surface area contributed by atoms with E-state index in [0.717, 1.165) is 25.1 Å². The van der Waals surface area contributed by atoms with Crippen LogP contribution >= 0.6 is 22.6 Å². The number of carbonyl (C=O) groups excluding carboxylic acids is 1. The average Bonchev–Trinajstić information content (AvgIpc) is 2.29. The fraction of sp³-hybridized carbons (Fsp3) is 0.364. The average molecular weight is 354 g/mol. The van der Waals surface area contributed by atoms with Crippen molar-refractivity contribution in [2.24, 2.45) is 0 Å². The topological polar surface area (TPSA) is 41.1 Å². The predicted octanol–water partition coefficient (Wildman–Crippen LogP) is 1.91. The minimum absolute atomic E-state index is 0.161. The lowest BCUT2D eigenvalue weighted by Gasteiger charge is -2.07. The van der Waals surface area contributed by atoms with Gasteiger partial charge in [-0.3, -0.25) is 4.79 Å². The second-order valence-electron chi connectivity index (χ2n) is 3.46. The van der Waals surface area contributed by atoms with Crippen LogP contribution < -0.4 is 10.6 Å². The number of amides is 1. The molecule has 0 unspecified atom stereocenters. The molecule has 1 rings (SSSR count). The molecule has 2 N–H and O–H groups in total. The van der Waals surface area contributed by atoms with Gasteiger partial charge in [-0.05, 0) is 54.7 Å². The second kappa shape index (κ2) is 6.85. The summed E-state index contributed by atoms with van der Waals surface area (Å²) in [5, 5.41) is 5.60. The highest BCUT2D eigenvalue weighted by molar-refractivity contribution is 14.1. The maximum atomic E-state index is 13.0. The summed E-state index contributed by atoms with van der Waals surface area (Å²) in [7, 11) is 1.82. The summed E-state index contributed by atoms with van der Waals surface area (Å²) in [6, 6.07) is 1.93. The highest BCUT2D eigenvalue weighted by atomic mass is 127. The Kier molecular flexibility index (Phi) is 5.76. The first-order valence-electron chi connectivity index (χ1n) is 5.13. The number of carbonyl (C=O) groups is 1. The van der Waals surface area contributed by atoms with E-state index in [2.05, 4.69) is 10.6 Å². The van der Waals surface area contributed by atoms with Crippen LogP contribution in [-0.2, 0) is 0 Å². The Bertz CT molecular complexity index is 413. The van der Waals surface area contributed by atoms with Gasteiger partial charge in [0.05, 0.1) is 5.56 Å². The summed E-state index contributed by atoms with van der Waals surface area (Å²) >= 11 is 1.81. The summed E-state index contributed by atoms with van der Waals surface area (Å²) in [6.45, 7) is 1.28. The van der Waals surface area contributed by atoms with Gasteiger partial charge in [0.15, 0.2) is 11.6 Å². The molecule has 0 spiro atoms. The van der Waals surface area contributed by atoms with Crippen molar-refractivity contribution in [2.75, 3.05) is 20.1 Å². The number of benzene rings is 1. The molecule has 0 atom stereocenters. The highest BCUT2D eigenvalue weighted by Crippen LogP contribution is 2.16. The Hall–Kier alpha value is -0.760. The van der Waals surface area contributed by atoms with Gasteiger partial charge in [-0.2, -0.15) is 0 Å². The normalized spacial score (nSPS) is 10.4. The van der Waals surface area contributed by atoms with E-state index in [-0.39, 0.29) is 11.5 Å². The molecule has 0 bridgehead atoms. The summed E-state index contributed by atoms with van der Waals surface area (Å²) in [5.41, 5.74) is 0.161. The maximum absolute atomic E-state index is 13.0. The van der Waals surface area contributed by atoms with Gasteiger partial charge in [-0.1, -0.05) is 0 Å². The first-order chi connectivity index (χ1) is 8.06. The number of hydrogen-bond acceptors (Lipinski definition) is 2. The van der Waals surface area contributed by atoms with Crippen LogP contribution in [0.2, 0.25) is 0 Å². The molecule has 0 saturated carbocycles. The van der Waals surface area contributed by atoms with Crippen LogP contribution in [0.1, 0.15) is 16.8 Å². The van der Waals surface area contributed by atoms with E-state index in [4.69, 9.17) is 0 Å². The molecule has 0 radical (unpaired) electrons. The van der Waals surface area contributed by atoms with Crippen molar-refractivity contribution < 1.29 is 13.6 Å². The molecule has 94 valence electrons. The van der Waals surface area contributed by atoms with Crippen molar-refractivity contribution in [1.29, 1.82) is 0 Å². The van der Waals surface area contributed by atoms with Crippen molar-refractivity contribution in [3.8, 4) is 0 Å². The van der Waals surface area contributed by atoms with Gasteiger partial charge in [0.2, 0.25) is 0 Å². The molecule has 0 aliphatic carbocycles. The summed E-state index contributed by atoms with van der Waals surface area (Å²) in [6.07, 6.45) is 0.780. The SMILES string of the molecule is CNCCCNC(=O)c1cc(F)c(F)cc1I. The Morgan fingerprint density at radius 1 is 1.29 bits per heavy atom. The van der Waals surface area contributed by atoms with Crippen LogP contribution in [0.3, 0.4) is 0 Å². The molecule has 1 aromatic rings. The zero-order valence-electron chi connectivity index (χ0n) is 9.32. The van der Waals surface area contributed by atoms with Crippen LogP contribution in [0.15, 0.2) is 12.1 Å². The summed E-state index contributed by atoms with van der Waals surface area (Å²) < 4.78 is 26.2. The van der Waals surface area contributed by atoms with Gasteiger partial charge in [0, 0.05) is 10.1 Å². The number of hydrogen-bond donors (Lipinski definition) is 2. The third kappa shape index (κ3) is 4.19. The van der Waals surface area contributed by atoms with E-state index in [0.29, 0.717) is 10.1 Å². The number of rotatable bonds is 5. The Balaban J connectivity index is 2.66. The Labute approximate surface area is 112 Å². The molecule has 1 amide bonds. The van der Waals surface area contributed by atoms with Crippen molar-refractivity contribution in [1.82, 2.24) is 10.6 Å². The van der Waals surface area contributed by atoms with Crippen LogP contribution in [0.4, 0.5) is 8.78 Å². The van der Waals surface area contributed by atoms with Crippen molar-refractivity contribution in [3.63, 3.8) is 0 Å². The molecule has 0 aromatic heterocycles. The largest absolute Gasteiger partial charge is 0.352 e. The zero-order valence-corrected chi connectivity index (χ0v) is 11.5. The third-order valence-corrected chi connectivity index (χ3v) is 3.04. The molecule has 3 nitrogen and oxygen atoms in total. The van der Waals surface area contributed by atoms with Gasteiger partial charge in [-0.25, -0.2) is 8.78 Å². The van der Waals surface area contributed by atoms with E-state index in [1.807, 2.05) is 7.05 Å². The zero-order chi connectivity index (χ0) is 12.8. The van der Waals surface area contributed by atoms with Gasteiger partial charge in [0.25, 0.3) is 5.91 Å². The molecule has 6 heteroatoms. The molecule has 1 aromatic carbocycles. The molecular formula is C11H13F2IN2O.